The van der Waals surface area contributed by atoms with Crippen molar-refractivity contribution in [2.45, 2.75) is 24.9 Å². The van der Waals surface area contributed by atoms with Crippen molar-refractivity contribution >= 4 is 29.3 Å². The fourth-order valence-corrected chi connectivity index (χ4v) is 3.99. The van der Waals surface area contributed by atoms with E-state index in [0.717, 1.165) is 35.6 Å². The molecule has 6 nitrogen and oxygen atoms in total. The molecule has 1 fully saturated rings. The molecule has 1 aliphatic rings. The third-order valence-electron chi connectivity index (χ3n) is 4.69. The number of amides is 1. The number of para-hydroxylation sites is 1. The summed E-state index contributed by atoms with van der Waals surface area (Å²) in [5.41, 5.74) is 3.02. The molecule has 28 heavy (non-hydrogen) atoms. The van der Waals surface area contributed by atoms with Gasteiger partial charge >= 0.3 is 0 Å². The average molecular weight is 394 g/mol. The van der Waals surface area contributed by atoms with E-state index in [4.69, 9.17) is 0 Å². The van der Waals surface area contributed by atoms with Gasteiger partial charge < -0.3 is 10.2 Å². The standard InChI is InChI=1S/C21H23N5OS/c1-16-9-11-18(12-10-16)26-20(25-13-5-6-14-25)23-24-21(26)28-15-19(27)22-17-7-3-2-4-8-17/h2-4,7-12H,5-6,13-15H2,1H3,(H,22,27). The fraction of sp³-hybridized carbons (Fsp3) is 0.286. The number of thioether (sulfide) groups is 1. The first kappa shape index (κ1) is 18.6. The van der Waals surface area contributed by atoms with Gasteiger partial charge in [0.1, 0.15) is 0 Å². The second-order valence-electron chi connectivity index (χ2n) is 6.85. The first-order valence-corrected chi connectivity index (χ1v) is 10.4. The zero-order valence-corrected chi connectivity index (χ0v) is 16.7. The van der Waals surface area contributed by atoms with Gasteiger partial charge in [0.15, 0.2) is 5.16 Å². The lowest BCUT2D eigenvalue weighted by Gasteiger charge is -2.18. The third-order valence-corrected chi connectivity index (χ3v) is 5.62. The number of carbonyl (C=O) groups excluding carboxylic acids is 1. The Bertz CT molecular complexity index is 933. The van der Waals surface area contributed by atoms with Crippen molar-refractivity contribution in [2.75, 3.05) is 29.1 Å². The smallest absolute Gasteiger partial charge is 0.234 e. The van der Waals surface area contributed by atoms with Crippen LogP contribution in [0.1, 0.15) is 18.4 Å². The molecule has 3 aromatic rings. The molecule has 7 heteroatoms. The summed E-state index contributed by atoms with van der Waals surface area (Å²) in [6, 6.07) is 17.8. The van der Waals surface area contributed by atoms with Crippen LogP contribution in [0.25, 0.3) is 5.69 Å². The number of nitrogens with zero attached hydrogens (tertiary/aromatic N) is 4. The number of rotatable bonds is 6. The van der Waals surface area contributed by atoms with Gasteiger partial charge in [-0.15, -0.1) is 10.2 Å². The number of hydrogen-bond acceptors (Lipinski definition) is 5. The Balaban J connectivity index is 1.54. The lowest BCUT2D eigenvalue weighted by Crippen LogP contribution is -2.22. The van der Waals surface area contributed by atoms with Gasteiger partial charge in [0.25, 0.3) is 0 Å². The maximum Gasteiger partial charge on any atom is 0.234 e. The molecule has 4 rings (SSSR count). The topological polar surface area (TPSA) is 63.1 Å². The molecule has 0 spiro atoms. The zero-order chi connectivity index (χ0) is 19.3. The van der Waals surface area contributed by atoms with Crippen molar-refractivity contribution in [1.82, 2.24) is 14.8 Å². The Labute approximate surface area is 169 Å². The molecule has 1 N–H and O–H groups in total. The monoisotopic (exact) mass is 393 g/mol. The van der Waals surface area contributed by atoms with Crippen LogP contribution in [0.3, 0.4) is 0 Å². The molecule has 1 amide bonds. The van der Waals surface area contributed by atoms with Crippen LogP contribution in [0.15, 0.2) is 59.8 Å². The van der Waals surface area contributed by atoms with Crippen LogP contribution in [-0.2, 0) is 4.79 Å². The first-order valence-electron chi connectivity index (χ1n) is 9.46. The summed E-state index contributed by atoms with van der Waals surface area (Å²) < 4.78 is 2.06. The Hall–Kier alpha value is -2.80. The Morgan fingerprint density at radius 2 is 1.75 bits per heavy atom. The number of benzene rings is 2. The molecule has 144 valence electrons. The maximum absolute atomic E-state index is 12.3. The summed E-state index contributed by atoms with van der Waals surface area (Å²) in [7, 11) is 0. The number of aryl methyl sites for hydroxylation is 1. The van der Waals surface area contributed by atoms with Gasteiger partial charge in [0.05, 0.1) is 11.4 Å². The Morgan fingerprint density at radius 3 is 2.46 bits per heavy atom. The second-order valence-corrected chi connectivity index (χ2v) is 7.79. The SMILES string of the molecule is Cc1ccc(-n2c(SCC(=O)Nc3ccccc3)nnc2N2CCCC2)cc1. The molecule has 1 aromatic heterocycles. The van der Waals surface area contributed by atoms with Crippen LogP contribution in [-0.4, -0.2) is 39.5 Å². The Morgan fingerprint density at radius 1 is 1.04 bits per heavy atom. The summed E-state index contributed by atoms with van der Waals surface area (Å²) in [5, 5.41) is 12.5. The van der Waals surface area contributed by atoms with Crippen molar-refractivity contribution in [3.63, 3.8) is 0 Å². The molecule has 0 aliphatic carbocycles. The summed E-state index contributed by atoms with van der Waals surface area (Å²) >= 11 is 1.40. The largest absolute Gasteiger partial charge is 0.341 e. The van der Waals surface area contributed by atoms with E-state index in [0.29, 0.717) is 0 Å². The van der Waals surface area contributed by atoms with Gasteiger partial charge in [0.2, 0.25) is 11.9 Å². The quantitative estimate of drug-likeness (QED) is 0.644. The van der Waals surface area contributed by atoms with Crippen LogP contribution < -0.4 is 10.2 Å². The number of aromatic nitrogens is 3. The van der Waals surface area contributed by atoms with Gasteiger partial charge in [-0.1, -0.05) is 47.7 Å². The van der Waals surface area contributed by atoms with Gasteiger partial charge in [-0.3, -0.25) is 9.36 Å². The lowest BCUT2D eigenvalue weighted by atomic mass is 10.2. The van der Waals surface area contributed by atoms with Crippen LogP contribution in [0.5, 0.6) is 0 Å². The van der Waals surface area contributed by atoms with E-state index in [1.54, 1.807) is 0 Å². The molecule has 1 aliphatic heterocycles. The molecule has 0 bridgehead atoms. The molecule has 0 atom stereocenters. The van der Waals surface area contributed by atoms with Crippen LogP contribution in [0.4, 0.5) is 11.6 Å². The van der Waals surface area contributed by atoms with E-state index in [2.05, 4.69) is 56.2 Å². The molecule has 0 saturated carbocycles. The number of hydrogen-bond donors (Lipinski definition) is 1. The van der Waals surface area contributed by atoms with Gasteiger partial charge in [-0.25, -0.2) is 0 Å². The van der Waals surface area contributed by atoms with Gasteiger partial charge in [0, 0.05) is 18.8 Å². The fourth-order valence-electron chi connectivity index (χ4n) is 3.25. The molecule has 0 radical (unpaired) electrons. The molecule has 2 aromatic carbocycles. The predicted octanol–water partition coefficient (Wildman–Crippen LogP) is 3.91. The maximum atomic E-state index is 12.3. The number of carbonyl (C=O) groups is 1. The number of anilines is 2. The van der Waals surface area contributed by atoms with E-state index in [1.807, 2.05) is 30.3 Å². The van der Waals surface area contributed by atoms with Crippen LogP contribution in [0, 0.1) is 6.92 Å². The van der Waals surface area contributed by atoms with E-state index in [1.165, 1.54) is 30.2 Å². The van der Waals surface area contributed by atoms with Crippen molar-refractivity contribution < 1.29 is 4.79 Å². The second kappa shape index (κ2) is 8.48. The normalized spacial score (nSPS) is 13.7. The van der Waals surface area contributed by atoms with E-state index >= 15 is 0 Å². The minimum absolute atomic E-state index is 0.0580. The molecule has 1 saturated heterocycles. The summed E-state index contributed by atoms with van der Waals surface area (Å²) in [6.07, 6.45) is 2.34. The highest BCUT2D eigenvalue weighted by Crippen LogP contribution is 2.28. The highest BCUT2D eigenvalue weighted by atomic mass is 32.2. The van der Waals surface area contributed by atoms with Crippen molar-refractivity contribution in [1.29, 1.82) is 0 Å². The van der Waals surface area contributed by atoms with Crippen molar-refractivity contribution in [3.05, 3.63) is 60.2 Å². The van der Waals surface area contributed by atoms with E-state index in [9.17, 15) is 4.79 Å². The molecular formula is C21H23N5OS. The summed E-state index contributed by atoms with van der Waals surface area (Å²) in [5.74, 6) is 1.07. The van der Waals surface area contributed by atoms with E-state index < -0.39 is 0 Å². The van der Waals surface area contributed by atoms with Crippen molar-refractivity contribution in [2.24, 2.45) is 0 Å². The highest BCUT2D eigenvalue weighted by Gasteiger charge is 2.22. The van der Waals surface area contributed by atoms with Crippen LogP contribution >= 0.6 is 11.8 Å². The highest BCUT2D eigenvalue weighted by molar-refractivity contribution is 7.99. The van der Waals surface area contributed by atoms with Gasteiger partial charge in [-0.2, -0.15) is 0 Å². The first-order chi connectivity index (χ1) is 13.7. The minimum atomic E-state index is -0.0580. The number of nitrogens with one attached hydrogen (secondary N) is 1. The lowest BCUT2D eigenvalue weighted by molar-refractivity contribution is -0.113. The average Bonchev–Trinajstić information content (AvgIpc) is 3.37. The van der Waals surface area contributed by atoms with E-state index in [-0.39, 0.29) is 11.7 Å². The zero-order valence-electron chi connectivity index (χ0n) is 15.8. The third kappa shape index (κ3) is 4.20. The van der Waals surface area contributed by atoms with Crippen LogP contribution in [0.2, 0.25) is 0 Å². The molecule has 2 heterocycles. The summed E-state index contributed by atoms with van der Waals surface area (Å²) in [6.45, 7) is 4.05. The molecular weight excluding hydrogens is 370 g/mol. The Kier molecular flexibility index (Phi) is 5.62. The molecule has 0 unspecified atom stereocenters. The minimum Gasteiger partial charge on any atom is -0.341 e. The van der Waals surface area contributed by atoms with Gasteiger partial charge in [-0.05, 0) is 44.0 Å². The summed E-state index contributed by atoms with van der Waals surface area (Å²) in [4.78, 5) is 14.6. The van der Waals surface area contributed by atoms with Crippen molar-refractivity contribution in [3.8, 4) is 5.69 Å². The predicted molar refractivity (Wildman–Crippen MR) is 113 cm³/mol.